The molecule has 0 aliphatic rings. The lowest BCUT2D eigenvalue weighted by molar-refractivity contribution is 0.159. The van der Waals surface area contributed by atoms with Crippen molar-refractivity contribution in [1.29, 1.82) is 0 Å². The van der Waals surface area contributed by atoms with Crippen molar-refractivity contribution < 1.29 is 14.3 Å². The zero-order chi connectivity index (χ0) is 12.8. The molecule has 0 bridgehead atoms. The fourth-order valence-electron chi connectivity index (χ4n) is 1.08. The molecule has 0 aromatic heterocycles. The highest BCUT2D eigenvalue weighted by molar-refractivity contribution is 5.70. The van der Waals surface area contributed by atoms with Gasteiger partial charge in [0.25, 0.3) is 0 Å². The quantitative estimate of drug-likeness (QED) is 0.597. The Morgan fingerprint density at radius 2 is 1.88 bits per heavy atom. The Kier molecular flexibility index (Phi) is 4.45. The molecule has 0 aliphatic carbocycles. The zero-order valence-electron chi connectivity index (χ0n) is 9.91. The highest BCUT2D eigenvalue weighted by Crippen LogP contribution is 2.27. The second-order valence-corrected chi connectivity index (χ2v) is 3.59. The van der Waals surface area contributed by atoms with Gasteiger partial charge in [-0.15, -0.1) is 4.91 Å². The summed E-state index contributed by atoms with van der Waals surface area (Å²) in [5.74, 6) is 0.692. The van der Waals surface area contributed by atoms with E-state index in [2.05, 4.69) is 5.29 Å². The van der Waals surface area contributed by atoms with Gasteiger partial charge in [-0.3, -0.25) is 0 Å². The van der Waals surface area contributed by atoms with E-state index in [0.29, 0.717) is 10.8 Å². The molecule has 1 aromatic carbocycles. The molecule has 6 heteroatoms. The van der Waals surface area contributed by atoms with Gasteiger partial charge in [0.05, 0.1) is 11.4 Å². The monoisotopic (exact) mass is 238 g/mol. The van der Waals surface area contributed by atoms with Crippen LogP contribution in [0.3, 0.4) is 0 Å². The van der Waals surface area contributed by atoms with Crippen LogP contribution in [0.15, 0.2) is 29.6 Å². The van der Waals surface area contributed by atoms with E-state index in [9.17, 15) is 9.70 Å². The first-order valence-corrected chi connectivity index (χ1v) is 5.09. The lowest BCUT2D eigenvalue weighted by Gasteiger charge is -2.14. The van der Waals surface area contributed by atoms with Crippen molar-refractivity contribution in [2.75, 3.05) is 7.05 Å². The normalized spacial score (nSPS) is 9.88. The molecule has 0 fully saturated rings. The maximum Gasteiger partial charge on any atom is 0.438 e. The van der Waals surface area contributed by atoms with Gasteiger partial charge in [0.15, 0.2) is 11.5 Å². The first-order chi connectivity index (χ1) is 8.04. The summed E-state index contributed by atoms with van der Waals surface area (Å²) in [5.41, 5.74) is 0. The first-order valence-electron chi connectivity index (χ1n) is 5.09. The van der Waals surface area contributed by atoms with E-state index in [4.69, 9.17) is 9.47 Å². The number of carbonyl (C=O) groups is 1. The lowest BCUT2D eigenvalue weighted by atomic mass is 10.3. The van der Waals surface area contributed by atoms with Crippen molar-refractivity contribution in [2.24, 2.45) is 5.29 Å². The van der Waals surface area contributed by atoms with Crippen molar-refractivity contribution in [3.63, 3.8) is 0 Å². The van der Waals surface area contributed by atoms with Crippen molar-refractivity contribution in [2.45, 2.75) is 20.0 Å². The summed E-state index contributed by atoms with van der Waals surface area (Å²) >= 11 is 0. The van der Waals surface area contributed by atoms with E-state index in [1.807, 2.05) is 13.8 Å². The third kappa shape index (κ3) is 3.75. The minimum absolute atomic E-state index is 0.0447. The van der Waals surface area contributed by atoms with E-state index >= 15 is 0 Å². The van der Waals surface area contributed by atoms with Gasteiger partial charge in [0.2, 0.25) is 0 Å². The van der Waals surface area contributed by atoms with Gasteiger partial charge in [-0.2, -0.15) is 5.01 Å². The van der Waals surface area contributed by atoms with Crippen molar-refractivity contribution in [3.8, 4) is 11.5 Å². The Morgan fingerprint density at radius 1 is 1.29 bits per heavy atom. The second-order valence-electron chi connectivity index (χ2n) is 3.59. The van der Waals surface area contributed by atoms with Gasteiger partial charge in [-0.05, 0) is 26.0 Å². The number of amides is 1. The van der Waals surface area contributed by atoms with Crippen LogP contribution in [0.5, 0.6) is 11.5 Å². The number of nitrogens with zero attached hydrogens (tertiary/aromatic N) is 2. The Hall–Kier alpha value is -2.11. The van der Waals surface area contributed by atoms with Gasteiger partial charge in [0.1, 0.15) is 0 Å². The molecule has 0 saturated heterocycles. The third-order valence-corrected chi connectivity index (χ3v) is 1.80. The molecule has 0 saturated carbocycles. The average Bonchev–Trinajstić information content (AvgIpc) is 2.29. The van der Waals surface area contributed by atoms with E-state index in [-0.39, 0.29) is 11.9 Å². The predicted molar refractivity (Wildman–Crippen MR) is 61.8 cm³/mol. The first kappa shape index (κ1) is 13.0. The number of benzene rings is 1. The summed E-state index contributed by atoms with van der Waals surface area (Å²) < 4.78 is 10.4. The molecular weight excluding hydrogens is 224 g/mol. The summed E-state index contributed by atoms with van der Waals surface area (Å²) in [7, 11) is 1.21. The van der Waals surface area contributed by atoms with E-state index < -0.39 is 6.09 Å². The molecule has 0 unspecified atom stereocenters. The molecule has 1 aromatic rings. The fraction of sp³-hybridized carbons (Fsp3) is 0.364. The molecule has 0 aliphatic heterocycles. The molecule has 1 rings (SSSR count). The molecular formula is C11H14N2O4. The maximum absolute atomic E-state index is 11.3. The Morgan fingerprint density at radius 3 is 2.41 bits per heavy atom. The standard InChI is InChI=1S/C11H14N2O4/c1-8(2)16-9-6-4-5-7-10(9)17-11(14)13(3)12-15/h4-8H,1-3H3. The second kappa shape index (κ2) is 5.83. The molecule has 0 atom stereocenters. The largest absolute Gasteiger partial charge is 0.487 e. The van der Waals surface area contributed by atoms with Gasteiger partial charge in [0, 0.05) is 7.05 Å². The molecule has 92 valence electrons. The molecule has 0 N–H and O–H groups in total. The van der Waals surface area contributed by atoms with Crippen LogP contribution in [0.2, 0.25) is 0 Å². The number of carbonyl (C=O) groups excluding carboxylic acids is 1. The molecule has 6 nitrogen and oxygen atoms in total. The topological polar surface area (TPSA) is 68.2 Å². The number of ether oxygens (including phenoxy) is 2. The van der Waals surface area contributed by atoms with Crippen LogP contribution in [0.25, 0.3) is 0 Å². The molecule has 0 spiro atoms. The highest BCUT2D eigenvalue weighted by Gasteiger charge is 2.14. The smallest absolute Gasteiger partial charge is 0.438 e. The predicted octanol–water partition coefficient (Wildman–Crippen LogP) is 2.59. The van der Waals surface area contributed by atoms with Crippen LogP contribution in [0, 0.1) is 4.91 Å². The number of hydrogen-bond donors (Lipinski definition) is 0. The highest BCUT2D eigenvalue weighted by atomic mass is 16.6. The Balaban J connectivity index is 2.83. The number of para-hydroxylation sites is 2. The molecule has 1 amide bonds. The summed E-state index contributed by atoms with van der Waals surface area (Å²) in [5, 5.41) is 3.00. The van der Waals surface area contributed by atoms with Gasteiger partial charge in [-0.1, -0.05) is 12.1 Å². The summed E-state index contributed by atoms with van der Waals surface area (Å²) in [6, 6.07) is 6.71. The average molecular weight is 238 g/mol. The maximum atomic E-state index is 11.3. The number of nitroso groups, excluding NO2 is 1. The van der Waals surface area contributed by atoms with Crippen molar-refractivity contribution >= 4 is 6.09 Å². The Bertz CT molecular complexity index is 406. The zero-order valence-corrected chi connectivity index (χ0v) is 9.91. The van der Waals surface area contributed by atoms with Crippen LogP contribution >= 0.6 is 0 Å². The van der Waals surface area contributed by atoms with Crippen LogP contribution in [0.4, 0.5) is 4.79 Å². The van der Waals surface area contributed by atoms with Gasteiger partial charge >= 0.3 is 6.09 Å². The fourth-order valence-corrected chi connectivity index (χ4v) is 1.08. The number of rotatable bonds is 4. The summed E-state index contributed by atoms with van der Waals surface area (Å²) in [6.45, 7) is 3.72. The van der Waals surface area contributed by atoms with E-state index in [1.54, 1.807) is 24.3 Å². The Labute approximate surface area is 99.1 Å². The third-order valence-electron chi connectivity index (χ3n) is 1.80. The van der Waals surface area contributed by atoms with Crippen LogP contribution in [-0.2, 0) is 0 Å². The van der Waals surface area contributed by atoms with E-state index in [1.165, 1.54) is 7.05 Å². The van der Waals surface area contributed by atoms with Crippen molar-refractivity contribution in [1.82, 2.24) is 5.01 Å². The summed E-state index contributed by atoms with van der Waals surface area (Å²) in [6.07, 6.45) is -0.906. The van der Waals surface area contributed by atoms with Crippen LogP contribution in [0.1, 0.15) is 13.8 Å². The van der Waals surface area contributed by atoms with Crippen molar-refractivity contribution in [3.05, 3.63) is 29.2 Å². The van der Waals surface area contributed by atoms with Gasteiger partial charge < -0.3 is 9.47 Å². The van der Waals surface area contributed by atoms with Crippen LogP contribution < -0.4 is 9.47 Å². The SMILES string of the molecule is CC(C)Oc1ccccc1OC(=O)N(C)N=O. The molecule has 0 heterocycles. The lowest BCUT2D eigenvalue weighted by Crippen LogP contribution is -2.24. The van der Waals surface area contributed by atoms with E-state index in [0.717, 1.165) is 0 Å². The number of hydrogen-bond acceptors (Lipinski definition) is 5. The van der Waals surface area contributed by atoms with Gasteiger partial charge in [-0.25, -0.2) is 4.79 Å². The molecule has 0 radical (unpaired) electrons. The van der Waals surface area contributed by atoms with Crippen LogP contribution in [-0.4, -0.2) is 24.3 Å². The summed E-state index contributed by atoms with van der Waals surface area (Å²) in [4.78, 5) is 21.5. The molecule has 17 heavy (non-hydrogen) atoms. The minimum Gasteiger partial charge on any atom is -0.487 e. The minimum atomic E-state index is -0.861.